The Balaban J connectivity index is 1.97. The molecule has 0 saturated carbocycles. The Morgan fingerprint density at radius 3 is 2.80 bits per heavy atom. The van der Waals surface area contributed by atoms with Crippen molar-refractivity contribution in [3.63, 3.8) is 0 Å². The fourth-order valence-corrected chi connectivity index (χ4v) is 2.04. The summed E-state index contributed by atoms with van der Waals surface area (Å²) in [5.74, 6) is 0.793. The Morgan fingerprint density at radius 2 is 2.10 bits per heavy atom. The number of fused-ring (bicyclic) bond motifs is 1. The molecule has 0 spiro atoms. The van der Waals surface area contributed by atoms with Crippen LogP contribution in [0, 0.1) is 0 Å². The Bertz CT molecular complexity index is 802. The van der Waals surface area contributed by atoms with Gasteiger partial charge in [-0.25, -0.2) is 9.97 Å². The largest absolute Gasteiger partial charge is 0.373 e. The third-order valence-electron chi connectivity index (χ3n) is 3.15. The molecule has 3 aromatic heterocycles. The maximum Gasteiger partial charge on any atom is 0.264 e. The first-order chi connectivity index (χ1) is 9.69. The summed E-state index contributed by atoms with van der Waals surface area (Å²) in [4.78, 5) is 20.8. The molecule has 0 unspecified atom stereocenters. The summed E-state index contributed by atoms with van der Waals surface area (Å²) in [6, 6.07) is 3.80. The Labute approximate surface area is 114 Å². The van der Waals surface area contributed by atoms with Crippen molar-refractivity contribution < 1.29 is 0 Å². The average Bonchev–Trinajstić information content (AvgIpc) is 2.85. The van der Waals surface area contributed by atoms with Crippen molar-refractivity contribution in [2.24, 2.45) is 7.05 Å². The molecular weight excluding hydrogens is 256 g/mol. The van der Waals surface area contributed by atoms with Gasteiger partial charge in [-0.1, -0.05) is 6.07 Å². The van der Waals surface area contributed by atoms with Gasteiger partial charge in [0.15, 0.2) is 5.65 Å². The van der Waals surface area contributed by atoms with E-state index < -0.39 is 0 Å². The van der Waals surface area contributed by atoms with Crippen molar-refractivity contribution >= 4 is 16.9 Å². The third-order valence-corrected chi connectivity index (χ3v) is 3.15. The number of hydrogen-bond acceptors (Lipinski definition) is 5. The Hall–Kier alpha value is -2.70. The van der Waals surface area contributed by atoms with Crippen molar-refractivity contribution in [3.05, 3.63) is 46.8 Å². The number of nitrogens with zero attached hydrogens (tertiary/aromatic N) is 5. The lowest BCUT2D eigenvalue weighted by molar-refractivity contribution is 0.735. The van der Waals surface area contributed by atoms with Crippen molar-refractivity contribution in [2.45, 2.75) is 6.54 Å². The van der Waals surface area contributed by atoms with Gasteiger partial charge in [0.05, 0.1) is 12.7 Å². The quantitative estimate of drug-likeness (QED) is 0.754. The standard InChI is InChI=1S/C13H14N6O/c1-14-11-4-3-9(5-15-11)7-19-8-16-12-10(13(19)20)6-17-18(12)2/h3-6,8H,7H2,1-2H3,(H,14,15). The van der Waals surface area contributed by atoms with Gasteiger partial charge in [0.25, 0.3) is 5.56 Å². The molecule has 3 rings (SSSR count). The van der Waals surface area contributed by atoms with E-state index in [2.05, 4.69) is 20.4 Å². The second-order valence-electron chi connectivity index (χ2n) is 4.48. The molecular formula is C13H14N6O. The normalized spacial score (nSPS) is 10.9. The third kappa shape index (κ3) is 2.03. The first-order valence-electron chi connectivity index (χ1n) is 6.19. The highest BCUT2D eigenvalue weighted by molar-refractivity contribution is 5.72. The van der Waals surface area contributed by atoms with E-state index in [1.807, 2.05) is 19.2 Å². The van der Waals surface area contributed by atoms with E-state index >= 15 is 0 Å². The maximum absolute atomic E-state index is 12.3. The molecule has 0 aromatic carbocycles. The zero-order valence-corrected chi connectivity index (χ0v) is 11.2. The summed E-state index contributed by atoms with van der Waals surface area (Å²) in [5, 5.41) is 7.52. The molecule has 0 aliphatic heterocycles. The predicted molar refractivity (Wildman–Crippen MR) is 75.7 cm³/mol. The van der Waals surface area contributed by atoms with Crippen LogP contribution in [0.1, 0.15) is 5.56 Å². The van der Waals surface area contributed by atoms with Gasteiger partial charge in [-0.2, -0.15) is 5.10 Å². The Kier molecular flexibility index (Phi) is 2.94. The van der Waals surface area contributed by atoms with Crippen molar-refractivity contribution in [1.29, 1.82) is 0 Å². The Morgan fingerprint density at radius 1 is 1.25 bits per heavy atom. The molecule has 1 N–H and O–H groups in total. The lowest BCUT2D eigenvalue weighted by atomic mass is 10.2. The smallest absolute Gasteiger partial charge is 0.264 e. The zero-order chi connectivity index (χ0) is 14.1. The van der Waals surface area contributed by atoms with Crippen LogP contribution in [0.2, 0.25) is 0 Å². The molecule has 0 bridgehead atoms. The number of hydrogen-bond donors (Lipinski definition) is 1. The van der Waals surface area contributed by atoms with Crippen LogP contribution in [-0.4, -0.2) is 31.4 Å². The number of aromatic nitrogens is 5. The predicted octanol–water partition coefficient (Wildman–Crippen LogP) is 0.615. The van der Waals surface area contributed by atoms with Gasteiger partial charge in [0, 0.05) is 20.3 Å². The summed E-state index contributed by atoms with van der Waals surface area (Å²) in [6.07, 6.45) is 4.83. The topological polar surface area (TPSA) is 77.6 Å². The van der Waals surface area contributed by atoms with Crippen molar-refractivity contribution in [3.8, 4) is 0 Å². The number of nitrogens with one attached hydrogen (secondary N) is 1. The lowest BCUT2D eigenvalue weighted by Crippen LogP contribution is -2.21. The van der Waals surface area contributed by atoms with Crippen LogP contribution in [0.4, 0.5) is 5.82 Å². The molecule has 3 aromatic rings. The molecule has 0 aliphatic rings. The van der Waals surface area contributed by atoms with E-state index in [1.54, 1.807) is 35.0 Å². The van der Waals surface area contributed by atoms with E-state index in [-0.39, 0.29) is 5.56 Å². The van der Waals surface area contributed by atoms with Crippen molar-refractivity contribution in [1.82, 2.24) is 24.3 Å². The summed E-state index contributed by atoms with van der Waals surface area (Å²) in [5.41, 5.74) is 1.44. The van der Waals surface area contributed by atoms with Crippen LogP contribution in [0.3, 0.4) is 0 Å². The molecule has 3 heterocycles. The minimum absolute atomic E-state index is 0.0965. The summed E-state index contributed by atoms with van der Waals surface area (Å²) < 4.78 is 3.14. The first-order valence-corrected chi connectivity index (χ1v) is 6.19. The number of anilines is 1. The fraction of sp³-hybridized carbons (Fsp3) is 0.231. The van der Waals surface area contributed by atoms with E-state index in [0.29, 0.717) is 17.6 Å². The molecule has 7 heteroatoms. The average molecular weight is 270 g/mol. The number of rotatable bonds is 3. The minimum Gasteiger partial charge on any atom is -0.373 e. The molecule has 7 nitrogen and oxygen atoms in total. The van der Waals surface area contributed by atoms with Crippen LogP contribution in [0.15, 0.2) is 35.6 Å². The van der Waals surface area contributed by atoms with E-state index in [1.165, 1.54) is 0 Å². The highest BCUT2D eigenvalue weighted by Crippen LogP contribution is 2.07. The summed E-state index contributed by atoms with van der Waals surface area (Å²) in [6.45, 7) is 0.438. The van der Waals surface area contributed by atoms with Gasteiger partial charge in [-0.15, -0.1) is 0 Å². The van der Waals surface area contributed by atoms with Gasteiger partial charge in [-0.3, -0.25) is 14.0 Å². The van der Waals surface area contributed by atoms with Crippen LogP contribution in [0.5, 0.6) is 0 Å². The van der Waals surface area contributed by atoms with Crippen LogP contribution < -0.4 is 10.9 Å². The maximum atomic E-state index is 12.3. The highest BCUT2D eigenvalue weighted by atomic mass is 16.1. The lowest BCUT2D eigenvalue weighted by Gasteiger charge is -2.06. The summed E-state index contributed by atoms with van der Waals surface area (Å²) in [7, 11) is 3.58. The van der Waals surface area contributed by atoms with E-state index in [9.17, 15) is 4.79 Å². The first kappa shape index (κ1) is 12.3. The second kappa shape index (κ2) is 4.76. The fourth-order valence-electron chi connectivity index (χ4n) is 2.04. The highest BCUT2D eigenvalue weighted by Gasteiger charge is 2.08. The van der Waals surface area contributed by atoms with Gasteiger partial charge in [0.1, 0.15) is 17.5 Å². The molecule has 0 aliphatic carbocycles. The van der Waals surface area contributed by atoms with Crippen molar-refractivity contribution in [2.75, 3.05) is 12.4 Å². The SMILES string of the molecule is CNc1ccc(Cn2cnc3c(cnn3C)c2=O)cn1. The molecule has 0 saturated heterocycles. The molecule has 0 amide bonds. The minimum atomic E-state index is -0.0965. The number of aryl methyl sites for hydroxylation is 1. The molecule has 20 heavy (non-hydrogen) atoms. The number of pyridine rings is 1. The van der Waals surface area contributed by atoms with Crippen LogP contribution in [-0.2, 0) is 13.6 Å². The van der Waals surface area contributed by atoms with Crippen LogP contribution in [0.25, 0.3) is 11.0 Å². The van der Waals surface area contributed by atoms with E-state index in [4.69, 9.17) is 0 Å². The van der Waals surface area contributed by atoms with Gasteiger partial charge >= 0.3 is 0 Å². The van der Waals surface area contributed by atoms with E-state index in [0.717, 1.165) is 11.4 Å². The zero-order valence-electron chi connectivity index (χ0n) is 11.2. The second-order valence-corrected chi connectivity index (χ2v) is 4.48. The van der Waals surface area contributed by atoms with Gasteiger partial charge in [-0.05, 0) is 11.6 Å². The molecule has 0 radical (unpaired) electrons. The van der Waals surface area contributed by atoms with Gasteiger partial charge in [0.2, 0.25) is 0 Å². The van der Waals surface area contributed by atoms with Gasteiger partial charge < -0.3 is 5.32 Å². The van der Waals surface area contributed by atoms with Crippen LogP contribution >= 0.6 is 0 Å². The molecule has 102 valence electrons. The summed E-state index contributed by atoms with van der Waals surface area (Å²) >= 11 is 0. The molecule has 0 fully saturated rings. The monoisotopic (exact) mass is 270 g/mol. The molecule has 0 atom stereocenters.